The van der Waals surface area contributed by atoms with Crippen molar-refractivity contribution in [2.24, 2.45) is 0 Å². The fourth-order valence-corrected chi connectivity index (χ4v) is 0.737. The molecule has 1 radical (unpaired) electrons. The van der Waals surface area contributed by atoms with Gasteiger partial charge in [-0.3, -0.25) is 4.79 Å². The van der Waals surface area contributed by atoms with Gasteiger partial charge in [0.15, 0.2) is 0 Å². The zero-order valence-corrected chi connectivity index (χ0v) is 4.77. The summed E-state index contributed by atoms with van der Waals surface area (Å²) in [7, 11) is 0. The molecule has 0 saturated heterocycles. The van der Waals surface area contributed by atoms with Gasteiger partial charge in [-0.15, -0.1) is 0 Å². The molecule has 0 heterocycles. The van der Waals surface area contributed by atoms with Gasteiger partial charge in [0.05, 0.1) is 0 Å². The molecule has 0 spiro atoms. The normalized spacial score (nSPS) is 17.6. The zero-order chi connectivity index (χ0) is 5.98. The molecule has 0 bridgehead atoms. The standard InChI is InChI=1S/C7H7O/c1-6-3-2-4-7(6)5-8/h2-3H,4H2,1H3. The molecule has 1 heteroatoms. The summed E-state index contributed by atoms with van der Waals surface area (Å²) in [6.07, 6.45) is 6.57. The van der Waals surface area contributed by atoms with E-state index < -0.39 is 0 Å². The molecular weight excluding hydrogens is 100 g/mol. The highest BCUT2D eigenvalue weighted by Gasteiger charge is 2.02. The lowest BCUT2D eigenvalue weighted by Gasteiger charge is -1.85. The summed E-state index contributed by atoms with van der Waals surface area (Å²) in [5.41, 5.74) is 1.85. The first-order chi connectivity index (χ1) is 3.84. The molecule has 0 unspecified atom stereocenters. The van der Waals surface area contributed by atoms with Crippen LogP contribution in [0.3, 0.4) is 0 Å². The molecule has 1 aliphatic rings. The maximum absolute atomic E-state index is 9.99. The minimum absolute atomic E-state index is 0.773. The van der Waals surface area contributed by atoms with Crippen LogP contribution in [0.2, 0.25) is 0 Å². The van der Waals surface area contributed by atoms with E-state index in [1.165, 1.54) is 0 Å². The van der Waals surface area contributed by atoms with Crippen LogP contribution in [0, 0.1) is 0 Å². The maximum Gasteiger partial charge on any atom is 0.229 e. The lowest BCUT2D eigenvalue weighted by Crippen LogP contribution is -1.79. The largest absolute Gasteiger partial charge is 0.285 e. The summed E-state index contributed by atoms with van der Waals surface area (Å²) in [6, 6.07) is 0. The predicted molar refractivity (Wildman–Crippen MR) is 32.2 cm³/mol. The Balaban J connectivity index is 2.82. The highest BCUT2D eigenvalue weighted by atomic mass is 16.1. The Bertz CT molecular complexity index is 163. The van der Waals surface area contributed by atoms with Crippen molar-refractivity contribution in [1.82, 2.24) is 0 Å². The van der Waals surface area contributed by atoms with E-state index in [4.69, 9.17) is 0 Å². The van der Waals surface area contributed by atoms with Gasteiger partial charge in [0.1, 0.15) is 0 Å². The Morgan fingerprint density at radius 2 is 2.50 bits per heavy atom. The topological polar surface area (TPSA) is 17.1 Å². The van der Waals surface area contributed by atoms with Crippen molar-refractivity contribution < 1.29 is 4.79 Å². The van der Waals surface area contributed by atoms with Crippen LogP contribution >= 0.6 is 0 Å². The monoisotopic (exact) mass is 107 g/mol. The van der Waals surface area contributed by atoms with Crippen LogP contribution in [-0.2, 0) is 4.79 Å². The number of hydrogen-bond acceptors (Lipinski definition) is 1. The molecule has 41 valence electrons. The fraction of sp³-hybridized carbons (Fsp3) is 0.286. The van der Waals surface area contributed by atoms with Gasteiger partial charge in [-0.1, -0.05) is 12.2 Å². The first-order valence-corrected chi connectivity index (χ1v) is 2.59. The second kappa shape index (κ2) is 1.95. The summed E-state index contributed by atoms with van der Waals surface area (Å²) < 4.78 is 0. The third kappa shape index (κ3) is 0.713. The number of allylic oxidation sites excluding steroid dienone is 4. The number of rotatable bonds is 1. The Labute approximate surface area is 48.7 Å². The molecule has 0 atom stereocenters. The molecule has 0 saturated carbocycles. The van der Waals surface area contributed by atoms with Crippen LogP contribution in [0.15, 0.2) is 23.3 Å². The first-order valence-electron chi connectivity index (χ1n) is 2.59. The Morgan fingerprint density at radius 3 is 2.75 bits per heavy atom. The van der Waals surface area contributed by atoms with Crippen molar-refractivity contribution in [3.8, 4) is 0 Å². The van der Waals surface area contributed by atoms with Crippen LogP contribution in [0.4, 0.5) is 0 Å². The molecule has 0 aliphatic heterocycles. The van der Waals surface area contributed by atoms with Gasteiger partial charge in [0, 0.05) is 5.57 Å². The van der Waals surface area contributed by atoms with Crippen LogP contribution in [0.5, 0.6) is 0 Å². The van der Waals surface area contributed by atoms with Gasteiger partial charge in [-0.2, -0.15) is 0 Å². The van der Waals surface area contributed by atoms with Crippen molar-refractivity contribution in [1.29, 1.82) is 0 Å². The summed E-state index contributed by atoms with van der Waals surface area (Å²) in [5.74, 6) is 0. The Morgan fingerprint density at radius 1 is 1.75 bits per heavy atom. The maximum atomic E-state index is 9.99. The van der Waals surface area contributed by atoms with Crippen LogP contribution < -0.4 is 0 Å². The van der Waals surface area contributed by atoms with Crippen LogP contribution in [0.1, 0.15) is 13.3 Å². The molecular formula is C7H7O. The van der Waals surface area contributed by atoms with E-state index in [2.05, 4.69) is 0 Å². The van der Waals surface area contributed by atoms with Gasteiger partial charge in [-0.05, 0) is 18.9 Å². The molecule has 1 nitrogen and oxygen atoms in total. The van der Waals surface area contributed by atoms with Gasteiger partial charge >= 0.3 is 0 Å². The molecule has 0 amide bonds. The van der Waals surface area contributed by atoms with E-state index in [1.54, 1.807) is 0 Å². The van der Waals surface area contributed by atoms with E-state index in [-0.39, 0.29) is 0 Å². The SMILES string of the molecule is CC1=C([C]=O)CC=C1. The van der Waals surface area contributed by atoms with Gasteiger partial charge < -0.3 is 0 Å². The third-order valence-corrected chi connectivity index (χ3v) is 1.29. The Hall–Kier alpha value is -0.850. The highest BCUT2D eigenvalue weighted by Crippen LogP contribution is 2.14. The first kappa shape index (κ1) is 5.29. The van der Waals surface area contributed by atoms with Gasteiger partial charge in [-0.25, -0.2) is 0 Å². The van der Waals surface area contributed by atoms with E-state index in [1.807, 2.05) is 25.4 Å². The minimum Gasteiger partial charge on any atom is -0.285 e. The van der Waals surface area contributed by atoms with Crippen molar-refractivity contribution in [2.45, 2.75) is 13.3 Å². The van der Waals surface area contributed by atoms with Gasteiger partial charge in [0.25, 0.3) is 0 Å². The Kier molecular flexibility index (Phi) is 1.29. The molecule has 1 rings (SSSR count). The highest BCUT2D eigenvalue weighted by molar-refractivity contribution is 5.77. The molecule has 0 N–H and O–H groups in total. The number of hydrogen-bond donors (Lipinski definition) is 0. The molecule has 1 aliphatic carbocycles. The van der Waals surface area contributed by atoms with Crippen LogP contribution in [0.25, 0.3) is 0 Å². The molecule has 0 aromatic rings. The van der Waals surface area contributed by atoms with E-state index in [9.17, 15) is 4.79 Å². The van der Waals surface area contributed by atoms with Crippen LogP contribution in [-0.4, -0.2) is 6.29 Å². The molecule has 8 heavy (non-hydrogen) atoms. The van der Waals surface area contributed by atoms with Gasteiger partial charge in [0.2, 0.25) is 6.29 Å². The fourth-order valence-electron chi connectivity index (χ4n) is 0.737. The molecule has 0 aromatic carbocycles. The van der Waals surface area contributed by atoms with E-state index in [0.717, 1.165) is 17.6 Å². The second-order valence-electron chi connectivity index (χ2n) is 1.87. The summed E-state index contributed by atoms with van der Waals surface area (Å²) >= 11 is 0. The minimum atomic E-state index is 0.773. The number of carbonyl (C=O) groups excluding carboxylic acids is 1. The molecule has 0 aromatic heterocycles. The van der Waals surface area contributed by atoms with Crippen molar-refractivity contribution >= 4 is 6.29 Å². The summed E-state index contributed by atoms with van der Waals surface area (Å²) in [4.78, 5) is 9.99. The van der Waals surface area contributed by atoms with Crippen molar-refractivity contribution in [3.63, 3.8) is 0 Å². The predicted octanol–water partition coefficient (Wildman–Crippen LogP) is 1.37. The average Bonchev–Trinajstić information content (AvgIpc) is 2.14. The average molecular weight is 107 g/mol. The van der Waals surface area contributed by atoms with Crippen molar-refractivity contribution in [2.75, 3.05) is 0 Å². The van der Waals surface area contributed by atoms with E-state index in [0.29, 0.717) is 0 Å². The lowest BCUT2D eigenvalue weighted by atomic mass is 10.2. The molecule has 0 fully saturated rings. The summed E-state index contributed by atoms with van der Waals surface area (Å²) in [5, 5.41) is 0. The lowest BCUT2D eigenvalue weighted by molar-refractivity contribution is 0.561. The third-order valence-electron chi connectivity index (χ3n) is 1.29. The quantitative estimate of drug-likeness (QED) is 0.494. The second-order valence-corrected chi connectivity index (χ2v) is 1.87. The zero-order valence-electron chi connectivity index (χ0n) is 4.77. The van der Waals surface area contributed by atoms with E-state index >= 15 is 0 Å². The smallest absolute Gasteiger partial charge is 0.229 e. The van der Waals surface area contributed by atoms with Crippen molar-refractivity contribution in [3.05, 3.63) is 23.3 Å². The summed E-state index contributed by atoms with van der Waals surface area (Å²) in [6.45, 7) is 1.92.